The number of aliphatic hydroxyl groups is 1. The normalized spacial score (nSPS) is 15.7. The van der Waals surface area contributed by atoms with Gasteiger partial charge in [-0.25, -0.2) is 8.78 Å². The number of nitrogens with zero attached hydrogens (tertiary/aromatic N) is 2. The zero-order valence-electron chi connectivity index (χ0n) is 21.4. The number of methoxy groups -OCH3 is 1. The Balaban J connectivity index is 1.20. The van der Waals surface area contributed by atoms with Crippen LogP contribution in [0.2, 0.25) is 0 Å². The number of hydrogen-bond donors (Lipinski definition) is 1. The lowest BCUT2D eigenvalue weighted by Gasteiger charge is -2.35. The van der Waals surface area contributed by atoms with E-state index >= 15 is 0 Å². The van der Waals surface area contributed by atoms with Crippen LogP contribution < -0.4 is 4.74 Å². The molecule has 1 atom stereocenters. The molecule has 198 valence electrons. The van der Waals surface area contributed by atoms with Crippen molar-refractivity contribution in [2.45, 2.75) is 29.8 Å². The third-order valence-corrected chi connectivity index (χ3v) is 8.07. The summed E-state index contributed by atoms with van der Waals surface area (Å²) in [6, 6.07) is 21.2. The Labute approximate surface area is 223 Å². The summed E-state index contributed by atoms with van der Waals surface area (Å²) in [6.07, 6.45) is 1.53. The molecular weight excluding hydrogens is 490 g/mol. The Morgan fingerprint density at radius 2 is 1.46 bits per heavy atom. The van der Waals surface area contributed by atoms with Crippen LogP contribution >= 0.6 is 11.8 Å². The molecule has 1 aliphatic heterocycles. The van der Waals surface area contributed by atoms with E-state index < -0.39 is 0 Å². The number of piperazine rings is 1. The number of aliphatic hydroxyl groups excluding tert-OH is 1. The monoisotopic (exact) mass is 526 g/mol. The molecule has 1 saturated heterocycles. The zero-order chi connectivity index (χ0) is 26.0. The van der Waals surface area contributed by atoms with Gasteiger partial charge in [0.25, 0.3) is 0 Å². The highest BCUT2D eigenvalue weighted by Gasteiger charge is 2.20. The Morgan fingerprint density at radius 3 is 2.05 bits per heavy atom. The van der Waals surface area contributed by atoms with Gasteiger partial charge >= 0.3 is 0 Å². The standard InChI is InChI=1S/C30H36F2N2O2S/c1-36-28-4-2-5-29(20-28)37-22-27(35)21-34-18-16-33(17-19-34)15-3-6-30(23-7-11-25(31)12-8-23)24-9-13-26(32)14-10-24/h2,4-5,7-14,20,27,30,35H,3,6,15-19,21-22H2,1H3. The van der Waals surface area contributed by atoms with Gasteiger partial charge in [0.05, 0.1) is 13.2 Å². The van der Waals surface area contributed by atoms with E-state index in [1.807, 2.05) is 48.5 Å². The first-order valence-corrected chi connectivity index (χ1v) is 13.9. The molecule has 1 heterocycles. The molecule has 3 aromatic carbocycles. The van der Waals surface area contributed by atoms with E-state index in [1.54, 1.807) is 18.9 Å². The highest BCUT2D eigenvalue weighted by Crippen LogP contribution is 2.30. The van der Waals surface area contributed by atoms with Crippen molar-refractivity contribution in [3.8, 4) is 5.75 Å². The smallest absolute Gasteiger partial charge is 0.123 e. The Bertz CT molecular complexity index is 1040. The first kappa shape index (κ1) is 27.6. The summed E-state index contributed by atoms with van der Waals surface area (Å²) in [5, 5.41) is 10.6. The topological polar surface area (TPSA) is 35.9 Å². The molecule has 0 spiro atoms. The molecule has 7 heteroatoms. The van der Waals surface area contributed by atoms with Crippen LogP contribution in [0.1, 0.15) is 29.9 Å². The number of hydrogen-bond acceptors (Lipinski definition) is 5. The van der Waals surface area contributed by atoms with E-state index in [-0.39, 0.29) is 23.7 Å². The average Bonchev–Trinajstić information content (AvgIpc) is 2.92. The van der Waals surface area contributed by atoms with E-state index in [0.717, 1.165) is 67.3 Å². The summed E-state index contributed by atoms with van der Waals surface area (Å²) in [5.74, 6) is 1.10. The van der Waals surface area contributed by atoms with Crippen LogP contribution in [0, 0.1) is 11.6 Å². The maximum absolute atomic E-state index is 13.5. The van der Waals surface area contributed by atoms with Crippen LogP contribution in [0.25, 0.3) is 0 Å². The molecule has 3 aromatic rings. The maximum Gasteiger partial charge on any atom is 0.123 e. The van der Waals surface area contributed by atoms with Gasteiger partial charge in [-0.1, -0.05) is 30.3 Å². The second-order valence-electron chi connectivity index (χ2n) is 9.58. The van der Waals surface area contributed by atoms with Crippen LogP contribution in [-0.4, -0.2) is 73.1 Å². The van der Waals surface area contributed by atoms with E-state index in [9.17, 15) is 13.9 Å². The number of rotatable bonds is 12. The van der Waals surface area contributed by atoms with Crippen LogP contribution in [-0.2, 0) is 0 Å². The third-order valence-electron chi connectivity index (χ3n) is 6.93. The van der Waals surface area contributed by atoms with Crippen molar-refractivity contribution >= 4 is 11.8 Å². The molecule has 1 fully saturated rings. The van der Waals surface area contributed by atoms with E-state index in [1.165, 1.54) is 24.3 Å². The lowest BCUT2D eigenvalue weighted by molar-refractivity contribution is 0.0819. The van der Waals surface area contributed by atoms with Gasteiger partial charge in [-0.3, -0.25) is 4.90 Å². The predicted octanol–water partition coefficient (Wildman–Crippen LogP) is 5.66. The fraction of sp³-hybridized carbons (Fsp3) is 0.400. The molecule has 1 unspecified atom stereocenters. The van der Waals surface area contributed by atoms with Crippen LogP contribution in [0.15, 0.2) is 77.7 Å². The number of halogens is 2. The molecule has 0 saturated carbocycles. The number of thioether (sulfide) groups is 1. The minimum atomic E-state index is -0.380. The van der Waals surface area contributed by atoms with Crippen molar-refractivity contribution in [3.63, 3.8) is 0 Å². The van der Waals surface area contributed by atoms with Gasteiger partial charge in [0.2, 0.25) is 0 Å². The van der Waals surface area contributed by atoms with Crippen LogP contribution in [0.3, 0.4) is 0 Å². The fourth-order valence-corrected chi connectivity index (χ4v) is 5.73. The number of ether oxygens (including phenoxy) is 1. The summed E-state index contributed by atoms with van der Waals surface area (Å²) in [6.45, 7) is 5.52. The Hall–Kier alpha value is -2.45. The molecular formula is C30H36F2N2O2S. The van der Waals surface area contributed by atoms with E-state index in [4.69, 9.17) is 4.74 Å². The predicted molar refractivity (Wildman–Crippen MR) is 146 cm³/mol. The summed E-state index contributed by atoms with van der Waals surface area (Å²) >= 11 is 1.65. The van der Waals surface area contributed by atoms with E-state index in [0.29, 0.717) is 12.3 Å². The first-order valence-electron chi connectivity index (χ1n) is 12.9. The Morgan fingerprint density at radius 1 is 0.865 bits per heavy atom. The molecule has 0 bridgehead atoms. The van der Waals surface area contributed by atoms with Crippen LogP contribution in [0.4, 0.5) is 8.78 Å². The van der Waals surface area contributed by atoms with Gasteiger partial charge in [-0.2, -0.15) is 0 Å². The van der Waals surface area contributed by atoms with Crippen molar-refractivity contribution in [1.29, 1.82) is 0 Å². The van der Waals surface area contributed by atoms with E-state index in [2.05, 4.69) is 9.80 Å². The molecule has 0 radical (unpaired) electrons. The summed E-state index contributed by atoms with van der Waals surface area (Å²) < 4.78 is 32.2. The highest BCUT2D eigenvalue weighted by molar-refractivity contribution is 7.99. The molecule has 4 rings (SSSR count). The quantitative estimate of drug-likeness (QED) is 0.309. The molecule has 4 nitrogen and oxygen atoms in total. The summed E-state index contributed by atoms with van der Waals surface area (Å²) in [7, 11) is 1.66. The van der Waals surface area contributed by atoms with Gasteiger partial charge in [-0.15, -0.1) is 11.8 Å². The largest absolute Gasteiger partial charge is 0.497 e. The summed E-state index contributed by atoms with van der Waals surface area (Å²) in [5.41, 5.74) is 2.11. The van der Waals surface area contributed by atoms with Crippen molar-refractivity contribution in [1.82, 2.24) is 9.80 Å². The molecule has 37 heavy (non-hydrogen) atoms. The molecule has 0 amide bonds. The Kier molecular flexibility index (Phi) is 10.4. The average molecular weight is 527 g/mol. The highest BCUT2D eigenvalue weighted by atomic mass is 32.2. The lowest BCUT2D eigenvalue weighted by Crippen LogP contribution is -2.49. The van der Waals surface area contributed by atoms with Crippen molar-refractivity contribution < 1.29 is 18.6 Å². The number of β-amino-alcohol motifs (C(OH)–C–C–N with tert-alkyl or cyclic N) is 1. The molecule has 1 aliphatic rings. The fourth-order valence-electron chi connectivity index (χ4n) is 4.86. The van der Waals surface area contributed by atoms with Crippen molar-refractivity contribution in [3.05, 3.63) is 95.6 Å². The van der Waals surface area contributed by atoms with Crippen molar-refractivity contribution in [2.24, 2.45) is 0 Å². The molecule has 0 aromatic heterocycles. The van der Waals surface area contributed by atoms with Gasteiger partial charge in [0.1, 0.15) is 17.4 Å². The second-order valence-corrected chi connectivity index (χ2v) is 10.7. The maximum atomic E-state index is 13.5. The van der Waals surface area contributed by atoms with Crippen molar-refractivity contribution in [2.75, 3.05) is 52.1 Å². The van der Waals surface area contributed by atoms with Gasteiger partial charge < -0.3 is 14.7 Å². The minimum absolute atomic E-state index is 0.111. The second kappa shape index (κ2) is 13.9. The number of benzene rings is 3. The zero-order valence-corrected chi connectivity index (χ0v) is 22.2. The van der Waals surface area contributed by atoms with Gasteiger partial charge in [0, 0.05) is 49.3 Å². The first-order chi connectivity index (χ1) is 18.0. The molecule has 0 aliphatic carbocycles. The molecule has 1 N–H and O–H groups in total. The lowest BCUT2D eigenvalue weighted by atomic mass is 9.87. The summed E-state index contributed by atoms with van der Waals surface area (Å²) in [4.78, 5) is 5.91. The van der Waals surface area contributed by atoms with Gasteiger partial charge in [0.15, 0.2) is 0 Å². The minimum Gasteiger partial charge on any atom is -0.497 e. The van der Waals surface area contributed by atoms with Gasteiger partial charge in [-0.05, 0) is 73.0 Å². The third kappa shape index (κ3) is 8.54. The van der Waals surface area contributed by atoms with Crippen LogP contribution in [0.5, 0.6) is 5.75 Å². The SMILES string of the molecule is COc1cccc(SCC(O)CN2CCN(CCCC(c3ccc(F)cc3)c3ccc(F)cc3)CC2)c1.